The Kier molecular flexibility index (Phi) is 4.27. The highest BCUT2D eigenvalue weighted by Gasteiger charge is 2.15. The minimum Gasteiger partial charge on any atom is -0.481 e. The van der Waals surface area contributed by atoms with Gasteiger partial charge in [0, 0.05) is 11.6 Å². The van der Waals surface area contributed by atoms with Crippen molar-refractivity contribution in [2.24, 2.45) is 0 Å². The molecule has 0 heterocycles. The Morgan fingerprint density at radius 2 is 1.81 bits per heavy atom. The molecule has 0 aliphatic carbocycles. The van der Waals surface area contributed by atoms with Gasteiger partial charge in [-0.3, -0.25) is 9.59 Å². The quantitative estimate of drug-likeness (QED) is 0.910. The first-order chi connectivity index (χ1) is 9.97. The molecule has 0 aromatic heterocycles. The number of halogens is 2. The molecule has 0 aliphatic rings. The molecule has 0 saturated carbocycles. The molecular weight excluding hydrogens is 280 g/mol. The molecule has 0 saturated heterocycles. The third kappa shape index (κ3) is 3.62. The van der Waals surface area contributed by atoms with E-state index >= 15 is 0 Å². The fourth-order valence-electron chi connectivity index (χ4n) is 1.84. The zero-order valence-electron chi connectivity index (χ0n) is 10.8. The maximum Gasteiger partial charge on any atom is 0.307 e. The van der Waals surface area contributed by atoms with E-state index in [0.29, 0.717) is 11.6 Å². The summed E-state index contributed by atoms with van der Waals surface area (Å²) < 4.78 is 26.3. The topological polar surface area (TPSA) is 66.4 Å². The number of hydrogen-bond acceptors (Lipinski definition) is 2. The van der Waals surface area contributed by atoms with Crippen molar-refractivity contribution in [1.29, 1.82) is 0 Å². The molecule has 0 atom stereocenters. The van der Waals surface area contributed by atoms with Crippen LogP contribution in [0.5, 0.6) is 0 Å². The highest BCUT2D eigenvalue weighted by Crippen LogP contribution is 2.17. The van der Waals surface area contributed by atoms with E-state index in [2.05, 4.69) is 5.32 Å². The van der Waals surface area contributed by atoms with Gasteiger partial charge in [0.15, 0.2) is 0 Å². The molecule has 0 bridgehead atoms. The number of anilines is 1. The number of benzene rings is 2. The minimum absolute atomic E-state index is 0.128. The predicted molar refractivity (Wildman–Crippen MR) is 72.1 cm³/mol. The second kappa shape index (κ2) is 6.13. The second-order valence-electron chi connectivity index (χ2n) is 4.31. The Labute approximate surface area is 119 Å². The van der Waals surface area contributed by atoms with Crippen molar-refractivity contribution in [3.63, 3.8) is 0 Å². The lowest BCUT2D eigenvalue weighted by Gasteiger charge is -2.09. The molecule has 2 rings (SSSR count). The summed E-state index contributed by atoms with van der Waals surface area (Å²) in [4.78, 5) is 22.8. The number of amides is 1. The summed E-state index contributed by atoms with van der Waals surface area (Å²) in [5, 5.41) is 11.1. The van der Waals surface area contributed by atoms with Crippen molar-refractivity contribution < 1.29 is 23.5 Å². The van der Waals surface area contributed by atoms with Crippen molar-refractivity contribution >= 4 is 17.6 Å². The number of carboxylic acid groups (broad SMARTS) is 1. The summed E-state index contributed by atoms with van der Waals surface area (Å²) in [7, 11) is 0. The fraction of sp³-hybridized carbons (Fsp3) is 0.0667. The van der Waals surface area contributed by atoms with Crippen LogP contribution in [0.2, 0.25) is 0 Å². The molecule has 21 heavy (non-hydrogen) atoms. The van der Waals surface area contributed by atoms with Crippen LogP contribution in [0, 0.1) is 11.6 Å². The second-order valence-corrected chi connectivity index (χ2v) is 4.31. The molecule has 0 radical (unpaired) electrons. The van der Waals surface area contributed by atoms with E-state index < -0.39 is 23.5 Å². The molecule has 108 valence electrons. The molecule has 1 amide bonds. The standard InChI is InChI=1S/C15H11F2NO3/c16-10-5-6-13(12(17)8-10)18-15(21)11-4-2-1-3-9(11)7-14(19)20/h1-6,8H,7H2,(H,18,21)(H,19,20). The van der Waals surface area contributed by atoms with Crippen LogP contribution in [0.15, 0.2) is 42.5 Å². The Morgan fingerprint density at radius 3 is 2.48 bits per heavy atom. The number of carbonyl (C=O) groups is 2. The number of aliphatic carboxylic acids is 1. The fourth-order valence-corrected chi connectivity index (χ4v) is 1.84. The lowest BCUT2D eigenvalue weighted by molar-refractivity contribution is -0.136. The summed E-state index contributed by atoms with van der Waals surface area (Å²) in [6, 6.07) is 8.89. The first-order valence-corrected chi connectivity index (χ1v) is 6.03. The highest BCUT2D eigenvalue weighted by atomic mass is 19.1. The van der Waals surface area contributed by atoms with Crippen LogP contribution in [-0.2, 0) is 11.2 Å². The van der Waals surface area contributed by atoms with E-state index in [1.54, 1.807) is 12.1 Å². The third-order valence-electron chi connectivity index (χ3n) is 2.78. The molecule has 2 N–H and O–H groups in total. The van der Waals surface area contributed by atoms with Gasteiger partial charge in [0.05, 0.1) is 12.1 Å². The van der Waals surface area contributed by atoms with Crippen LogP contribution in [0.1, 0.15) is 15.9 Å². The molecule has 6 heteroatoms. The third-order valence-corrected chi connectivity index (χ3v) is 2.78. The summed E-state index contributed by atoms with van der Waals surface area (Å²) >= 11 is 0. The molecule has 0 unspecified atom stereocenters. The molecule has 0 spiro atoms. The molecule has 0 aliphatic heterocycles. The summed E-state index contributed by atoms with van der Waals surface area (Å²) in [5.74, 6) is -3.39. The monoisotopic (exact) mass is 291 g/mol. The van der Waals surface area contributed by atoms with Crippen molar-refractivity contribution in [3.8, 4) is 0 Å². The summed E-state index contributed by atoms with van der Waals surface area (Å²) in [5.41, 5.74) is 0.264. The van der Waals surface area contributed by atoms with Crippen LogP contribution in [0.3, 0.4) is 0 Å². The normalized spacial score (nSPS) is 10.2. The number of rotatable bonds is 4. The van der Waals surface area contributed by atoms with Crippen molar-refractivity contribution in [3.05, 3.63) is 65.2 Å². The molecule has 4 nitrogen and oxygen atoms in total. The van der Waals surface area contributed by atoms with Gasteiger partial charge < -0.3 is 10.4 Å². The number of hydrogen-bond donors (Lipinski definition) is 2. The van der Waals surface area contributed by atoms with Crippen LogP contribution >= 0.6 is 0 Å². The first-order valence-electron chi connectivity index (χ1n) is 6.03. The molecule has 2 aromatic carbocycles. The smallest absolute Gasteiger partial charge is 0.307 e. The van der Waals surface area contributed by atoms with E-state index in [-0.39, 0.29) is 17.7 Å². The Morgan fingerprint density at radius 1 is 1.10 bits per heavy atom. The van der Waals surface area contributed by atoms with E-state index in [9.17, 15) is 18.4 Å². The van der Waals surface area contributed by atoms with Gasteiger partial charge in [0.1, 0.15) is 11.6 Å². The Bertz CT molecular complexity index is 701. The first kappa shape index (κ1) is 14.6. The lowest BCUT2D eigenvalue weighted by atomic mass is 10.0. The van der Waals surface area contributed by atoms with E-state index in [1.165, 1.54) is 12.1 Å². The van der Waals surface area contributed by atoms with Crippen LogP contribution in [0.4, 0.5) is 14.5 Å². The van der Waals surface area contributed by atoms with E-state index in [4.69, 9.17) is 5.11 Å². The minimum atomic E-state index is -1.08. The molecular formula is C15H11F2NO3. The SMILES string of the molecule is O=C(O)Cc1ccccc1C(=O)Nc1ccc(F)cc1F. The van der Waals surface area contributed by atoms with Crippen LogP contribution < -0.4 is 5.32 Å². The van der Waals surface area contributed by atoms with Crippen molar-refractivity contribution in [1.82, 2.24) is 0 Å². The van der Waals surface area contributed by atoms with Gasteiger partial charge in [-0.05, 0) is 23.8 Å². The van der Waals surface area contributed by atoms with Gasteiger partial charge in [-0.15, -0.1) is 0 Å². The number of carbonyl (C=O) groups excluding carboxylic acids is 1. The van der Waals surface area contributed by atoms with Gasteiger partial charge in [0.25, 0.3) is 5.91 Å². The maximum absolute atomic E-state index is 13.5. The number of carboxylic acids is 1. The van der Waals surface area contributed by atoms with Crippen LogP contribution in [-0.4, -0.2) is 17.0 Å². The van der Waals surface area contributed by atoms with Gasteiger partial charge in [-0.25, -0.2) is 8.78 Å². The zero-order valence-corrected chi connectivity index (χ0v) is 10.8. The van der Waals surface area contributed by atoms with Gasteiger partial charge in [-0.2, -0.15) is 0 Å². The van der Waals surface area contributed by atoms with E-state index in [0.717, 1.165) is 12.1 Å². The Balaban J connectivity index is 2.26. The predicted octanol–water partition coefficient (Wildman–Crippen LogP) is 2.84. The number of nitrogens with one attached hydrogen (secondary N) is 1. The van der Waals surface area contributed by atoms with E-state index in [1.807, 2.05) is 0 Å². The maximum atomic E-state index is 13.5. The molecule has 0 fully saturated rings. The largest absolute Gasteiger partial charge is 0.481 e. The van der Waals surface area contributed by atoms with Gasteiger partial charge in [-0.1, -0.05) is 18.2 Å². The molecule has 2 aromatic rings. The Hall–Kier alpha value is -2.76. The van der Waals surface area contributed by atoms with Gasteiger partial charge in [0.2, 0.25) is 0 Å². The van der Waals surface area contributed by atoms with Crippen molar-refractivity contribution in [2.45, 2.75) is 6.42 Å². The highest BCUT2D eigenvalue weighted by molar-refractivity contribution is 6.05. The average Bonchev–Trinajstić information content (AvgIpc) is 2.42. The van der Waals surface area contributed by atoms with Crippen LogP contribution in [0.25, 0.3) is 0 Å². The zero-order chi connectivity index (χ0) is 15.4. The van der Waals surface area contributed by atoms with Gasteiger partial charge >= 0.3 is 5.97 Å². The summed E-state index contributed by atoms with van der Waals surface area (Å²) in [6.45, 7) is 0. The van der Waals surface area contributed by atoms with Crippen molar-refractivity contribution in [2.75, 3.05) is 5.32 Å². The average molecular weight is 291 g/mol. The lowest BCUT2D eigenvalue weighted by Crippen LogP contribution is -2.16. The summed E-state index contributed by atoms with van der Waals surface area (Å²) in [6.07, 6.45) is -0.324.